The van der Waals surface area contributed by atoms with Gasteiger partial charge < -0.3 is 4.74 Å². The van der Waals surface area contributed by atoms with Crippen molar-refractivity contribution in [1.82, 2.24) is 14.8 Å². The minimum absolute atomic E-state index is 0.0337. The summed E-state index contributed by atoms with van der Waals surface area (Å²) in [6.07, 6.45) is 1.84. The van der Waals surface area contributed by atoms with Crippen LogP contribution in [-0.2, 0) is 22.5 Å². The largest absolute Gasteiger partial charge is 0.371 e. The van der Waals surface area contributed by atoms with Crippen LogP contribution in [-0.4, -0.2) is 33.3 Å². The molecule has 0 bridgehead atoms. The Labute approximate surface area is 89.5 Å². The molecule has 1 aromatic rings. The van der Waals surface area contributed by atoms with E-state index in [9.17, 15) is 4.79 Å². The number of carbonyl (C=O) groups is 1. The Bertz CT molecular complexity index is 320. The summed E-state index contributed by atoms with van der Waals surface area (Å²) in [5.41, 5.74) is 0. The second kappa shape index (κ2) is 5.60. The van der Waals surface area contributed by atoms with Gasteiger partial charge in [0.05, 0.1) is 12.5 Å². The highest BCUT2D eigenvalue weighted by atomic mass is 16.5. The predicted molar refractivity (Wildman–Crippen MR) is 55.5 cm³/mol. The van der Waals surface area contributed by atoms with Gasteiger partial charge in [0.15, 0.2) is 5.78 Å². The highest BCUT2D eigenvalue weighted by Gasteiger charge is 2.09. The van der Waals surface area contributed by atoms with Crippen LogP contribution in [0, 0.1) is 0 Å². The minimum Gasteiger partial charge on any atom is -0.371 e. The Hall–Kier alpha value is -1.23. The summed E-state index contributed by atoms with van der Waals surface area (Å²) in [6.45, 7) is 6.65. The van der Waals surface area contributed by atoms with E-state index in [4.69, 9.17) is 4.74 Å². The molecule has 0 spiro atoms. The Morgan fingerprint density at radius 3 is 2.93 bits per heavy atom. The fourth-order valence-electron chi connectivity index (χ4n) is 1.18. The summed E-state index contributed by atoms with van der Waals surface area (Å²) >= 11 is 0. The molecular weight excluding hydrogens is 194 g/mol. The smallest absolute Gasteiger partial charge is 0.166 e. The van der Waals surface area contributed by atoms with Crippen molar-refractivity contribution in [2.45, 2.75) is 39.8 Å². The van der Waals surface area contributed by atoms with Gasteiger partial charge in [-0.25, -0.2) is 9.67 Å². The van der Waals surface area contributed by atoms with Crippen molar-refractivity contribution in [3.63, 3.8) is 0 Å². The monoisotopic (exact) mass is 211 g/mol. The Kier molecular flexibility index (Phi) is 4.42. The first-order valence-corrected chi connectivity index (χ1v) is 5.13. The zero-order valence-corrected chi connectivity index (χ0v) is 9.43. The van der Waals surface area contributed by atoms with Gasteiger partial charge in [-0.1, -0.05) is 0 Å². The van der Waals surface area contributed by atoms with Crippen molar-refractivity contribution < 1.29 is 9.53 Å². The zero-order valence-electron chi connectivity index (χ0n) is 9.43. The molecule has 15 heavy (non-hydrogen) atoms. The molecule has 5 heteroatoms. The molecule has 0 aliphatic rings. The summed E-state index contributed by atoms with van der Waals surface area (Å²) in [6, 6.07) is 0. The van der Waals surface area contributed by atoms with Crippen LogP contribution >= 0.6 is 0 Å². The molecule has 0 aromatic carbocycles. The summed E-state index contributed by atoms with van der Waals surface area (Å²) in [7, 11) is 0. The van der Waals surface area contributed by atoms with Crippen molar-refractivity contribution in [3.05, 3.63) is 12.2 Å². The Balaban J connectivity index is 2.44. The van der Waals surface area contributed by atoms with E-state index in [1.807, 2.05) is 20.8 Å². The van der Waals surface area contributed by atoms with Crippen LogP contribution in [0.25, 0.3) is 0 Å². The third kappa shape index (κ3) is 3.79. The van der Waals surface area contributed by atoms with Crippen molar-refractivity contribution in [1.29, 1.82) is 0 Å². The highest BCUT2D eigenvalue weighted by Crippen LogP contribution is 1.97. The van der Waals surface area contributed by atoms with Gasteiger partial charge in [0, 0.05) is 6.54 Å². The number of hydrogen-bond acceptors (Lipinski definition) is 4. The maximum absolute atomic E-state index is 11.5. The molecule has 0 saturated carbocycles. The first kappa shape index (κ1) is 11.8. The van der Waals surface area contributed by atoms with E-state index in [1.165, 1.54) is 6.33 Å². The number of Topliss-reactive ketones (excluding diaryl/α,β-unsaturated/α-hetero) is 1. The van der Waals surface area contributed by atoms with E-state index < -0.39 is 0 Å². The topological polar surface area (TPSA) is 57.0 Å². The van der Waals surface area contributed by atoms with Crippen LogP contribution in [0.15, 0.2) is 6.33 Å². The van der Waals surface area contributed by atoms with Crippen LogP contribution in [0.4, 0.5) is 0 Å². The molecule has 0 atom stereocenters. The first-order valence-electron chi connectivity index (χ1n) is 5.13. The van der Waals surface area contributed by atoms with Gasteiger partial charge in [-0.15, -0.1) is 0 Å². The van der Waals surface area contributed by atoms with Crippen molar-refractivity contribution in [2.75, 3.05) is 6.61 Å². The maximum atomic E-state index is 11.5. The van der Waals surface area contributed by atoms with Gasteiger partial charge in [-0.2, -0.15) is 5.10 Å². The van der Waals surface area contributed by atoms with Crippen LogP contribution in [0.2, 0.25) is 0 Å². The van der Waals surface area contributed by atoms with Gasteiger partial charge in [0.1, 0.15) is 18.8 Å². The van der Waals surface area contributed by atoms with E-state index in [0.717, 1.165) is 6.54 Å². The number of carbonyl (C=O) groups excluding carboxylic acids is 1. The molecule has 0 aliphatic carbocycles. The molecular formula is C10H17N3O2. The third-order valence-electron chi connectivity index (χ3n) is 1.93. The molecule has 5 nitrogen and oxygen atoms in total. The van der Waals surface area contributed by atoms with Crippen molar-refractivity contribution >= 4 is 5.78 Å². The number of ether oxygens (including phenoxy) is 1. The molecule has 0 aliphatic heterocycles. The van der Waals surface area contributed by atoms with Gasteiger partial charge in [0.25, 0.3) is 0 Å². The van der Waals surface area contributed by atoms with E-state index in [2.05, 4.69) is 10.1 Å². The number of rotatable bonds is 6. The van der Waals surface area contributed by atoms with Crippen LogP contribution in [0.5, 0.6) is 0 Å². The van der Waals surface area contributed by atoms with Gasteiger partial charge in [-0.05, 0) is 20.8 Å². The van der Waals surface area contributed by atoms with Gasteiger partial charge >= 0.3 is 0 Å². The molecule has 84 valence electrons. The lowest BCUT2D eigenvalue weighted by atomic mass is 10.3. The number of ketones is 1. The SMILES string of the molecule is CCn1ncnc1CC(=O)COC(C)C. The second-order valence-electron chi connectivity index (χ2n) is 3.57. The Morgan fingerprint density at radius 1 is 1.60 bits per heavy atom. The lowest BCUT2D eigenvalue weighted by Crippen LogP contribution is -2.17. The van der Waals surface area contributed by atoms with Crippen molar-refractivity contribution in [2.24, 2.45) is 0 Å². The van der Waals surface area contributed by atoms with E-state index in [-0.39, 0.29) is 18.5 Å². The molecule has 0 saturated heterocycles. The summed E-state index contributed by atoms with van der Waals surface area (Å²) < 4.78 is 6.93. The van der Waals surface area contributed by atoms with Crippen LogP contribution in [0.1, 0.15) is 26.6 Å². The quantitative estimate of drug-likeness (QED) is 0.699. The molecule has 1 aromatic heterocycles. The maximum Gasteiger partial charge on any atom is 0.166 e. The summed E-state index contributed by atoms with van der Waals surface area (Å²) in [5.74, 6) is 0.737. The summed E-state index contributed by atoms with van der Waals surface area (Å²) in [5, 5.41) is 4.00. The fourth-order valence-corrected chi connectivity index (χ4v) is 1.18. The minimum atomic E-state index is 0.0337. The lowest BCUT2D eigenvalue weighted by Gasteiger charge is -2.06. The fraction of sp³-hybridized carbons (Fsp3) is 0.700. The molecule has 0 amide bonds. The highest BCUT2D eigenvalue weighted by molar-refractivity contribution is 5.81. The molecule has 1 rings (SSSR count). The second-order valence-corrected chi connectivity index (χ2v) is 3.57. The van der Waals surface area contributed by atoms with Crippen LogP contribution in [0.3, 0.4) is 0 Å². The normalized spacial score (nSPS) is 10.9. The third-order valence-corrected chi connectivity index (χ3v) is 1.93. The van der Waals surface area contributed by atoms with E-state index in [1.54, 1.807) is 4.68 Å². The zero-order chi connectivity index (χ0) is 11.3. The number of hydrogen-bond donors (Lipinski definition) is 0. The predicted octanol–water partition coefficient (Wildman–Crippen LogP) is 0.835. The average molecular weight is 211 g/mol. The first-order chi connectivity index (χ1) is 7.13. The van der Waals surface area contributed by atoms with Gasteiger partial charge in [0.2, 0.25) is 0 Å². The molecule has 0 unspecified atom stereocenters. The molecule has 0 radical (unpaired) electrons. The lowest BCUT2D eigenvalue weighted by molar-refractivity contribution is -0.124. The number of aromatic nitrogens is 3. The van der Waals surface area contributed by atoms with E-state index in [0.29, 0.717) is 12.2 Å². The number of nitrogens with zero attached hydrogens (tertiary/aromatic N) is 3. The van der Waals surface area contributed by atoms with Crippen LogP contribution < -0.4 is 0 Å². The summed E-state index contributed by atoms with van der Waals surface area (Å²) in [4.78, 5) is 15.5. The van der Waals surface area contributed by atoms with Crippen molar-refractivity contribution in [3.8, 4) is 0 Å². The van der Waals surface area contributed by atoms with Gasteiger partial charge in [-0.3, -0.25) is 4.79 Å². The Morgan fingerprint density at radius 2 is 2.33 bits per heavy atom. The molecule has 0 fully saturated rings. The number of aryl methyl sites for hydroxylation is 1. The molecule has 1 heterocycles. The molecule has 0 N–H and O–H groups in total. The average Bonchev–Trinajstić information content (AvgIpc) is 2.62. The van der Waals surface area contributed by atoms with E-state index >= 15 is 0 Å². The standard InChI is InChI=1S/C10H17N3O2/c1-4-13-10(11-7-12-13)5-9(14)6-15-8(2)3/h7-8H,4-6H2,1-3H3.